The molecule has 1 heterocycles. The van der Waals surface area contributed by atoms with E-state index in [1.165, 1.54) is 40.7 Å². The molecular formula is C13H23N3O2. The summed E-state index contributed by atoms with van der Waals surface area (Å²) in [4.78, 5) is 23.2. The van der Waals surface area contributed by atoms with Crippen LogP contribution in [0.2, 0.25) is 0 Å². The Balaban J connectivity index is 2.34. The fourth-order valence-electron chi connectivity index (χ4n) is 1.81. The average Bonchev–Trinajstić information content (AvgIpc) is 2.36. The summed E-state index contributed by atoms with van der Waals surface area (Å²) in [6.45, 7) is 4.22. The standard InChI is InChI=1S/C13H23N3O2/c1-3-4-5-6-8-14-9-11-16-12(17)7-10-15(2)13(16)18/h7,10,14H,3-6,8-9,11H2,1-2H3. The van der Waals surface area contributed by atoms with Crippen molar-refractivity contribution >= 4 is 0 Å². The van der Waals surface area contributed by atoms with Gasteiger partial charge in [-0.2, -0.15) is 0 Å². The normalized spacial score (nSPS) is 10.8. The van der Waals surface area contributed by atoms with E-state index in [0.717, 1.165) is 13.0 Å². The Kier molecular flexibility index (Phi) is 6.43. The summed E-state index contributed by atoms with van der Waals surface area (Å²) >= 11 is 0. The van der Waals surface area contributed by atoms with E-state index in [1.54, 1.807) is 7.05 Å². The van der Waals surface area contributed by atoms with E-state index in [-0.39, 0.29) is 11.2 Å². The van der Waals surface area contributed by atoms with Crippen LogP contribution in [0, 0.1) is 0 Å². The van der Waals surface area contributed by atoms with E-state index in [1.807, 2.05) is 0 Å². The first-order valence-corrected chi connectivity index (χ1v) is 6.64. The molecule has 0 aliphatic rings. The molecule has 102 valence electrons. The topological polar surface area (TPSA) is 56.0 Å². The van der Waals surface area contributed by atoms with Crippen molar-refractivity contribution in [1.29, 1.82) is 0 Å². The van der Waals surface area contributed by atoms with Crippen molar-refractivity contribution in [3.05, 3.63) is 33.1 Å². The van der Waals surface area contributed by atoms with Crippen LogP contribution < -0.4 is 16.6 Å². The number of hydrogen-bond acceptors (Lipinski definition) is 3. The lowest BCUT2D eigenvalue weighted by Gasteiger charge is -2.07. The summed E-state index contributed by atoms with van der Waals surface area (Å²) in [5.41, 5.74) is -0.485. The number of unbranched alkanes of at least 4 members (excludes halogenated alkanes) is 3. The SMILES string of the molecule is CCCCCCNCCn1c(=O)ccn(C)c1=O. The highest BCUT2D eigenvalue weighted by molar-refractivity contribution is 4.85. The molecule has 0 aliphatic heterocycles. The predicted octanol–water partition coefficient (Wildman–Crippen LogP) is 0.717. The van der Waals surface area contributed by atoms with Gasteiger partial charge in [-0.25, -0.2) is 4.79 Å². The fourth-order valence-corrected chi connectivity index (χ4v) is 1.81. The number of rotatable bonds is 8. The van der Waals surface area contributed by atoms with Gasteiger partial charge in [0.05, 0.1) is 0 Å². The van der Waals surface area contributed by atoms with Gasteiger partial charge in [-0.3, -0.25) is 9.36 Å². The van der Waals surface area contributed by atoms with Crippen molar-refractivity contribution in [2.75, 3.05) is 13.1 Å². The summed E-state index contributed by atoms with van der Waals surface area (Å²) in [7, 11) is 1.65. The smallest absolute Gasteiger partial charge is 0.315 e. The maximum atomic E-state index is 11.7. The van der Waals surface area contributed by atoms with Gasteiger partial charge in [0.2, 0.25) is 0 Å². The molecule has 0 aromatic carbocycles. The third-order valence-electron chi connectivity index (χ3n) is 2.96. The van der Waals surface area contributed by atoms with Gasteiger partial charge >= 0.3 is 5.69 Å². The second-order valence-corrected chi connectivity index (χ2v) is 4.51. The molecule has 0 radical (unpaired) electrons. The van der Waals surface area contributed by atoms with Crippen molar-refractivity contribution in [2.45, 2.75) is 39.2 Å². The highest BCUT2D eigenvalue weighted by Crippen LogP contribution is 1.96. The lowest BCUT2D eigenvalue weighted by molar-refractivity contribution is 0.529. The van der Waals surface area contributed by atoms with E-state index < -0.39 is 0 Å². The molecule has 5 nitrogen and oxygen atoms in total. The molecule has 0 bridgehead atoms. The second kappa shape index (κ2) is 7.87. The molecule has 1 aromatic heterocycles. The molecule has 0 aliphatic carbocycles. The summed E-state index contributed by atoms with van der Waals surface area (Å²) in [6, 6.07) is 1.42. The summed E-state index contributed by atoms with van der Waals surface area (Å²) in [5.74, 6) is 0. The number of hydrogen-bond donors (Lipinski definition) is 1. The van der Waals surface area contributed by atoms with Crippen LogP contribution in [0.3, 0.4) is 0 Å². The largest absolute Gasteiger partial charge is 0.330 e. The van der Waals surface area contributed by atoms with Gasteiger partial charge in [0.15, 0.2) is 0 Å². The molecule has 1 aromatic rings. The second-order valence-electron chi connectivity index (χ2n) is 4.51. The van der Waals surface area contributed by atoms with Gasteiger partial charge < -0.3 is 9.88 Å². The maximum absolute atomic E-state index is 11.7. The van der Waals surface area contributed by atoms with Crippen LogP contribution in [0.25, 0.3) is 0 Å². The summed E-state index contributed by atoms with van der Waals surface area (Å²) < 4.78 is 2.68. The lowest BCUT2D eigenvalue weighted by Crippen LogP contribution is -2.40. The minimum absolute atomic E-state index is 0.231. The number of nitrogens with zero attached hydrogens (tertiary/aromatic N) is 2. The van der Waals surface area contributed by atoms with E-state index in [4.69, 9.17) is 0 Å². The molecule has 1 rings (SSSR count). The van der Waals surface area contributed by atoms with Gasteiger partial charge in [-0.05, 0) is 13.0 Å². The van der Waals surface area contributed by atoms with Crippen LogP contribution in [-0.2, 0) is 13.6 Å². The minimum atomic E-state index is -0.254. The molecule has 0 unspecified atom stereocenters. The first-order valence-electron chi connectivity index (χ1n) is 6.64. The van der Waals surface area contributed by atoms with E-state index in [2.05, 4.69) is 12.2 Å². The molecule has 1 N–H and O–H groups in total. The van der Waals surface area contributed by atoms with Crippen LogP contribution in [0.1, 0.15) is 32.6 Å². The van der Waals surface area contributed by atoms with Crippen molar-refractivity contribution in [2.24, 2.45) is 7.05 Å². The molecule has 0 spiro atoms. The summed E-state index contributed by atoms with van der Waals surface area (Å²) in [5, 5.41) is 3.26. The van der Waals surface area contributed by atoms with Crippen molar-refractivity contribution in [1.82, 2.24) is 14.5 Å². The Morgan fingerprint density at radius 1 is 1.17 bits per heavy atom. The highest BCUT2D eigenvalue weighted by Gasteiger charge is 2.01. The zero-order chi connectivity index (χ0) is 13.4. The molecular weight excluding hydrogens is 230 g/mol. The molecule has 18 heavy (non-hydrogen) atoms. The average molecular weight is 253 g/mol. The van der Waals surface area contributed by atoms with Crippen LogP contribution >= 0.6 is 0 Å². The minimum Gasteiger partial charge on any atom is -0.315 e. The Labute approximate surface area is 107 Å². The number of nitrogens with one attached hydrogen (secondary N) is 1. The van der Waals surface area contributed by atoms with Gasteiger partial charge in [0.25, 0.3) is 5.56 Å². The third kappa shape index (κ3) is 4.49. The molecule has 0 atom stereocenters. The van der Waals surface area contributed by atoms with Crippen LogP contribution in [0.5, 0.6) is 0 Å². The van der Waals surface area contributed by atoms with Crippen LogP contribution in [0.15, 0.2) is 21.9 Å². The third-order valence-corrected chi connectivity index (χ3v) is 2.96. The van der Waals surface area contributed by atoms with Gasteiger partial charge in [0, 0.05) is 32.4 Å². The maximum Gasteiger partial charge on any atom is 0.330 e. The number of aromatic nitrogens is 2. The molecule has 5 heteroatoms. The van der Waals surface area contributed by atoms with Gasteiger partial charge in [0.1, 0.15) is 0 Å². The molecule has 0 saturated heterocycles. The molecule has 0 saturated carbocycles. The number of aryl methyl sites for hydroxylation is 1. The van der Waals surface area contributed by atoms with Crippen molar-refractivity contribution < 1.29 is 0 Å². The first kappa shape index (κ1) is 14.7. The molecule has 0 fully saturated rings. The highest BCUT2D eigenvalue weighted by atomic mass is 16.2. The van der Waals surface area contributed by atoms with E-state index >= 15 is 0 Å². The van der Waals surface area contributed by atoms with E-state index in [9.17, 15) is 9.59 Å². The Bertz CT molecular complexity index is 462. The Morgan fingerprint density at radius 2 is 1.94 bits per heavy atom. The Morgan fingerprint density at radius 3 is 2.67 bits per heavy atom. The fraction of sp³-hybridized carbons (Fsp3) is 0.692. The zero-order valence-electron chi connectivity index (χ0n) is 11.3. The van der Waals surface area contributed by atoms with Gasteiger partial charge in [-0.15, -0.1) is 0 Å². The van der Waals surface area contributed by atoms with Gasteiger partial charge in [-0.1, -0.05) is 26.2 Å². The molecule has 0 amide bonds. The predicted molar refractivity (Wildman–Crippen MR) is 73.0 cm³/mol. The first-order chi connectivity index (χ1) is 8.66. The van der Waals surface area contributed by atoms with Crippen molar-refractivity contribution in [3.63, 3.8) is 0 Å². The van der Waals surface area contributed by atoms with Crippen LogP contribution in [-0.4, -0.2) is 22.2 Å². The quantitative estimate of drug-likeness (QED) is 0.694. The lowest BCUT2D eigenvalue weighted by atomic mass is 10.2. The Hall–Kier alpha value is -1.36. The van der Waals surface area contributed by atoms with Crippen molar-refractivity contribution in [3.8, 4) is 0 Å². The van der Waals surface area contributed by atoms with E-state index in [0.29, 0.717) is 13.1 Å². The monoisotopic (exact) mass is 253 g/mol. The van der Waals surface area contributed by atoms with Crippen LogP contribution in [0.4, 0.5) is 0 Å². The summed E-state index contributed by atoms with van der Waals surface area (Å²) in [6.07, 6.45) is 6.38. The zero-order valence-corrected chi connectivity index (χ0v) is 11.3.